The van der Waals surface area contributed by atoms with E-state index in [2.05, 4.69) is 22.5 Å². The Balaban J connectivity index is 0.833. The summed E-state index contributed by atoms with van der Waals surface area (Å²) in [5, 5.41) is 25.7. The molecule has 4 aliphatic rings. The van der Waals surface area contributed by atoms with Gasteiger partial charge in [-0.1, -0.05) is 6.07 Å². The van der Waals surface area contributed by atoms with Crippen molar-refractivity contribution >= 4 is 18.0 Å². The number of benzene rings is 3. The first-order chi connectivity index (χ1) is 24.3. The van der Waals surface area contributed by atoms with Crippen LogP contribution in [0, 0.1) is 29.6 Å². The van der Waals surface area contributed by atoms with E-state index in [4.69, 9.17) is 23.7 Å². The van der Waals surface area contributed by atoms with Crippen LogP contribution >= 0.6 is 0 Å². The molecule has 0 radical (unpaired) electrons. The normalized spacial score (nSPS) is 20.2. The van der Waals surface area contributed by atoms with Crippen molar-refractivity contribution in [2.45, 2.75) is 31.3 Å². The second-order valence-electron chi connectivity index (χ2n) is 12.7. The molecule has 2 amide bonds. The van der Waals surface area contributed by atoms with Gasteiger partial charge < -0.3 is 44.5 Å². The molecule has 0 bridgehead atoms. The zero-order chi connectivity index (χ0) is 34.7. The van der Waals surface area contributed by atoms with Crippen molar-refractivity contribution in [3.8, 4) is 34.8 Å². The minimum absolute atomic E-state index is 0.0370. The fourth-order valence-corrected chi connectivity index (χ4v) is 7.24. The highest BCUT2D eigenvalue weighted by Crippen LogP contribution is 2.57. The molecule has 2 heterocycles. The van der Waals surface area contributed by atoms with Gasteiger partial charge >= 0.3 is 12.1 Å². The molecule has 260 valence electrons. The number of nitrogens with one attached hydrogen (secondary N) is 2. The Morgan fingerprint density at radius 2 is 1.40 bits per heavy atom. The van der Waals surface area contributed by atoms with Crippen LogP contribution < -0.4 is 15.4 Å². The third kappa shape index (κ3) is 6.66. The summed E-state index contributed by atoms with van der Waals surface area (Å²) in [6, 6.07) is 13.8. The van der Waals surface area contributed by atoms with E-state index in [9.17, 15) is 24.6 Å². The first kappa shape index (κ1) is 33.3. The van der Waals surface area contributed by atoms with Crippen molar-refractivity contribution in [1.82, 2.24) is 10.6 Å². The average Bonchev–Trinajstić information content (AvgIpc) is 3.65. The van der Waals surface area contributed by atoms with Crippen molar-refractivity contribution in [2.24, 2.45) is 17.8 Å². The van der Waals surface area contributed by atoms with Crippen LogP contribution in [0.25, 0.3) is 0 Å². The number of aromatic hydroxyl groups is 2. The topological polar surface area (TPSA) is 162 Å². The van der Waals surface area contributed by atoms with Gasteiger partial charge in [0.2, 0.25) is 0 Å². The highest BCUT2D eigenvalue weighted by molar-refractivity contribution is 6.01. The average molecular weight is 683 g/mol. The van der Waals surface area contributed by atoms with E-state index in [0.29, 0.717) is 67.4 Å². The standard InChI is InChI=1S/C38H38N2O10/c41-24-8-11-31-33(20-24)49-34-21-25(42)9-12-32(34)38(31)30-10-7-23(19-28(30)36(44)50-38)35(43)39-13-15-46-17-18-47-16-14-40-37(45)48-22-29-26-5-3-1-2-4-6-27(26)29/h7-12,19-21,26-27,29,41-42H,3-6,13-18,22H2,(H,39,43)(H,40,45)/t26-,27+,29?. The number of carbonyl (C=O) groups excluding carboxylic acids is 3. The summed E-state index contributed by atoms with van der Waals surface area (Å²) in [6.07, 6.45) is 3.62. The predicted molar refractivity (Wildman–Crippen MR) is 178 cm³/mol. The number of amides is 2. The summed E-state index contributed by atoms with van der Waals surface area (Å²) in [6.45, 7) is 2.21. The van der Waals surface area contributed by atoms with Gasteiger partial charge in [-0.2, -0.15) is 0 Å². The molecular weight excluding hydrogens is 644 g/mol. The lowest BCUT2D eigenvalue weighted by Gasteiger charge is -2.36. The molecule has 2 aliphatic heterocycles. The molecule has 50 heavy (non-hydrogen) atoms. The third-order valence-corrected chi connectivity index (χ3v) is 9.70. The van der Waals surface area contributed by atoms with Crippen molar-refractivity contribution in [1.29, 1.82) is 0 Å². The second kappa shape index (κ2) is 14.3. The molecule has 1 spiro atoms. The molecule has 2 aliphatic carbocycles. The van der Waals surface area contributed by atoms with Crippen molar-refractivity contribution in [3.63, 3.8) is 0 Å². The summed E-state index contributed by atoms with van der Waals surface area (Å²) < 4.78 is 28.5. The van der Waals surface area contributed by atoms with Crippen molar-refractivity contribution < 1.29 is 48.3 Å². The van der Waals surface area contributed by atoms with E-state index in [0.717, 1.165) is 25.7 Å². The van der Waals surface area contributed by atoms with E-state index in [-0.39, 0.29) is 53.2 Å². The zero-order valence-corrected chi connectivity index (χ0v) is 27.4. The molecule has 3 aromatic carbocycles. The lowest BCUT2D eigenvalue weighted by molar-refractivity contribution is 0.0224. The van der Waals surface area contributed by atoms with Crippen LogP contribution in [0.3, 0.4) is 0 Å². The monoisotopic (exact) mass is 682 g/mol. The van der Waals surface area contributed by atoms with E-state index in [1.165, 1.54) is 30.3 Å². The largest absolute Gasteiger partial charge is 0.508 e. The van der Waals surface area contributed by atoms with Gasteiger partial charge in [0.15, 0.2) is 5.60 Å². The van der Waals surface area contributed by atoms with Gasteiger partial charge in [0.05, 0.1) is 38.6 Å². The molecule has 1 fully saturated rings. The quantitative estimate of drug-likeness (QED) is 0.121. The Hall–Kier alpha value is -5.25. The van der Waals surface area contributed by atoms with Gasteiger partial charge in [-0.3, -0.25) is 4.79 Å². The van der Waals surface area contributed by atoms with Gasteiger partial charge in [0.1, 0.15) is 23.0 Å². The zero-order valence-electron chi connectivity index (χ0n) is 27.4. The number of ether oxygens (including phenoxy) is 5. The maximum atomic E-state index is 13.3. The Morgan fingerprint density at radius 1 is 0.800 bits per heavy atom. The number of fused-ring (bicyclic) bond motifs is 7. The number of hydrogen-bond donors (Lipinski definition) is 4. The molecule has 4 N–H and O–H groups in total. The summed E-state index contributed by atoms with van der Waals surface area (Å²) >= 11 is 0. The number of phenolic OH excluding ortho intramolecular Hbond substituents is 2. The lowest BCUT2D eigenvalue weighted by atomic mass is 9.77. The van der Waals surface area contributed by atoms with Gasteiger partial charge in [-0.05, 0) is 67.0 Å². The van der Waals surface area contributed by atoms with Gasteiger partial charge in [-0.15, -0.1) is 11.8 Å². The molecule has 12 heteroatoms. The Morgan fingerprint density at radius 3 is 2.04 bits per heavy atom. The molecule has 12 nitrogen and oxygen atoms in total. The Bertz CT molecular complexity index is 1790. The fourth-order valence-electron chi connectivity index (χ4n) is 7.24. The molecule has 3 aromatic rings. The summed E-state index contributed by atoms with van der Waals surface area (Å²) in [7, 11) is 0. The second-order valence-corrected chi connectivity index (χ2v) is 12.7. The predicted octanol–water partition coefficient (Wildman–Crippen LogP) is 4.59. The Labute approximate surface area is 289 Å². The van der Waals surface area contributed by atoms with Crippen LogP contribution in [0.15, 0.2) is 54.6 Å². The number of carbonyl (C=O) groups is 3. The van der Waals surface area contributed by atoms with Crippen LogP contribution in [-0.4, -0.2) is 74.3 Å². The first-order valence-corrected chi connectivity index (χ1v) is 16.9. The number of esters is 1. The summed E-state index contributed by atoms with van der Waals surface area (Å²) in [4.78, 5) is 38.3. The van der Waals surface area contributed by atoms with Gasteiger partial charge in [0, 0.05) is 60.3 Å². The highest BCUT2D eigenvalue weighted by atomic mass is 16.6. The molecule has 1 unspecified atom stereocenters. The molecule has 7 rings (SSSR count). The van der Waals surface area contributed by atoms with Crippen LogP contribution in [-0.2, 0) is 24.5 Å². The molecule has 3 atom stereocenters. The van der Waals surface area contributed by atoms with Crippen LogP contribution in [0.5, 0.6) is 23.0 Å². The lowest BCUT2D eigenvalue weighted by Crippen LogP contribution is -2.33. The SMILES string of the molecule is O=C(NCCOCCOCCNC(=O)c1ccc2c(c1)C(=O)OC21c2ccc(O)cc2Oc2cc(O)ccc21)OCC1[C@H]2CCC#CCC[C@@H]12. The van der Waals surface area contributed by atoms with Crippen LogP contribution in [0.2, 0.25) is 0 Å². The fraction of sp³-hybridized carbons (Fsp3) is 0.395. The smallest absolute Gasteiger partial charge is 0.407 e. The molecule has 0 aromatic heterocycles. The number of rotatable bonds is 12. The minimum Gasteiger partial charge on any atom is -0.508 e. The number of hydrogen-bond acceptors (Lipinski definition) is 10. The minimum atomic E-state index is -1.40. The summed E-state index contributed by atoms with van der Waals surface area (Å²) in [5.74, 6) is 7.55. The Kier molecular flexibility index (Phi) is 9.52. The van der Waals surface area contributed by atoms with Crippen LogP contribution in [0.1, 0.15) is 63.1 Å². The highest BCUT2D eigenvalue weighted by Gasteiger charge is 2.54. The maximum Gasteiger partial charge on any atom is 0.407 e. The number of alkyl carbamates (subject to hydrolysis) is 1. The summed E-state index contributed by atoms with van der Waals surface area (Å²) in [5.41, 5.74) is 0.601. The van der Waals surface area contributed by atoms with Gasteiger partial charge in [0.25, 0.3) is 5.91 Å². The maximum absolute atomic E-state index is 13.3. The molecular formula is C38H38N2O10. The van der Waals surface area contributed by atoms with Crippen molar-refractivity contribution in [3.05, 3.63) is 82.4 Å². The van der Waals surface area contributed by atoms with E-state index >= 15 is 0 Å². The van der Waals surface area contributed by atoms with Crippen molar-refractivity contribution in [2.75, 3.05) is 46.1 Å². The van der Waals surface area contributed by atoms with E-state index < -0.39 is 17.7 Å². The molecule has 1 saturated carbocycles. The first-order valence-electron chi connectivity index (χ1n) is 16.9. The third-order valence-electron chi connectivity index (χ3n) is 9.70. The van der Waals surface area contributed by atoms with Crippen LogP contribution in [0.4, 0.5) is 4.79 Å². The number of phenols is 2. The molecule has 0 saturated heterocycles. The van der Waals surface area contributed by atoms with E-state index in [1.807, 2.05) is 0 Å². The van der Waals surface area contributed by atoms with Gasteiger partial charge in [-0.25, -0.2) is 9.59 Å². The van der Waals surface area contributed by atoms with E-state index in [1.54, 1.807) is 24.3 Å².